The van der Waals surface area contributed by atoms with Crippen molar-refractivity contribution in [3.8, 4) is 0 Å². The van der Waals surface area contributed by atoms with Crippen LogP contribution in [-0.4, -0.2) is 10.9 Å². The molecule has 1 aromatic carbocycles. The van der Waals surface area contributed by atoms with Crippen molar-refractivity contribution >= 4 is 21.8 Å². The number of carbonyl (C=O) groups is 1. The third-order valence-corrected chi connectivity index (χ3v) is 3.31. The van der Waals surface area contributed by atoms with Crippen molar-refractivity contribution in [2.45, 2.75) is 13.0 Å². The summed E-state index contributed by atoms with van der Waals surface area (Å²) in [5.74, 6) is -0.378. The summed E-state index contributed by atoms with van der Waals surface area (Å²) in [4.78, 5) is 26.0. The van der Waals surface area contributed by atoms with E-state index in [1.165, 1.54) is 12.3 Å². The maximum atomic E-state index is 12.0. The van der Waals surface area contributed by atoms with E-state index in [2.05, 4.69) is 26.2 Å². The summed E-state index contributed by atoms with van der Waals surface area (Å²) < 4.78 is 0.981. The summed E-state index contributed by atoms with van der Waals surface area (Å²) in [5, 5.41) is 2.80. The number of aromatic nitrogens is 1. The van der Waals surface area contributed by atoms with Gasteiger partial charge in [0.25, 0.3) is 11.5 Å². The highest BCUT2D eigenvalue weighted by atomic mass is 79.9. The van der Waals surface area contributed by atoms with Crippen molar-refractivity contribution < 1.29 is 4.79 Å². The lowest BCUT2D eigenvalue weighted by atomic mass is 10.1. The summed E-state index contributed by atoms with van der Waals surface area (Å²) in [5.41, 5.74) is 0.707. The van der Waals surface area contributed by atoms with Crippen LogP contribution in [0.25, 0.3) is 0 Å². The van der Waals surface area contributed by atoms with Crippen molar-refractivity contribution in [3.05, 3.63) is 68.5 Å². The fourth-order valence-corrected chi connectivity index (χ4v) is 1.97. The Morgan fingerprint density at radius 1 is 1.26 bits per heavy atom. The molecule has 0 aliphatic heterocycles. The predicted octanol–water partition coefficient (Wildman–Crippen LogP) is 2.63. The second-order valence-corrected chi connectivity index (χ2v) is 5.08. The molecule has 5 heteroatoms. The Kier molecular flexibility index (Phi) is 4.16. The standard InChI is InChI=1S/C14H13BrN2O2/c1-9(10-4-6-11(15)7-5-10)17-14(19)12-3-2-8-16-13(12)18/h2-9H,1H3,(H,16,18)(H,17,19)/t9-/m0/s1. The Hall–Kier alpha value is -1.88. The van der Waals surface area contributed by atoms with Crippen LogP contribution in [0.3, 0.4) is 0 Å². The van der Waals surface area contributed by atoms with Gasteiger partial charge >= 0.3 is 0 Å². The summed E-state index contributed by atoms with van der Waals surface area (Å²) in [6.45, 7) is 1.87. The number of pyridine rings is 1. The number of hydrogen-bond donors (Lipinski definition) is 2. The fraction of sp³-hybridized carbons (Fsp3) is 0.143. The quantitative estimate of drug-likeness (QED) is 0.913. The van der Waals surface area contributed by atoms with E-state index < -0.39 is 0 Å². The molecule has 2 aromatic rings. The monoisotopic (exact) mass is 320 g/mol. The third-order valence-electron chi connectivity index (χ3n) is 2.78. The van der Waals surface area contributed by atoms with Crippen LogP contribution in [0.1, 0.15) is 28.9 Å². The predicted molar refractivity (Wildman–Crippen MR) is 77.1 cm³/mol. The van der Waals surface area contributed by atoms with Crippen LogP contribution in [0, 0.1) is 0 Å². The molecule has 4 nitrogen and oxygen atoms in total. The molecule has 0 aliphatic rings. The van der Waals surface area contributed by atoms with E-state index in [1.807, 2.05) is 31.2 Å². The highest BCUT2D eigenvalue weighted by Gasteiger charge is 2.13. The van der Waals surface area contributed by atoms with Crippen LogP contribution in [-0.2, 0) is 0 Å². The zero-order valence-corrected chi connectivity index (χ0v) is 11.9. The molecule has 2 rings (SSSR count). The molecule has 2 N–H and O–H groups in total. The average molecular weight is 321 g/mol. The van der Waals surface area contributed by atoms with Gasteiger partial charge in [-0.3, -0.25) is 9.59 Å². The zero-order valence-electron chi connectivity index (χ0n) is 10.3. The Labute approximate surface area is 119 Å². The summed E-state index contributed by atoms with van der Waals surface area (Å²) >= 11 is 3.36. The van der Waals surface area contributed by atoms with Gasteiger partial charge in [-0.25, -0.2) is 0 Å². The van der Waals surface area contributed by atoms with Gasteiger partial charge in [0.05, 0.1) is 6.04 Å². The topological polar surface area (TPSA) is 62.0 Å². The first-order valence-corrected chi connectivity index (χ1v) is 6.61. The molecule has 19 heavy (non-hydrogen) atoms. The van der Waals surface area contributed by atoms with Crippen LogP contribution in [0.15, 0.2) is 51.9 Å². The molecule has 0 spiro atoms. The number of rotatable bonds is 3. The number of aromatic amines is 1. The minimum atomic E-state index is -0.386. The van der Waals surface area contributed by atoms with E-state index in [1.54, 1.807) is 6.07 Å². The van der Waals surface area contributed by atoms with Gasteiger partial charge in [0.1, 0.15) is 5.56 Å². The second-order valence-electron chi connectivity index (χ2n) is 4.16. The number of carbonyl (C=O) groups excluding carboxylic acids is 1. The Balaban J connectivity index is 2.13. The van der Waals surface area contributed by atoms with Gasteiger partial charge in [0.15, 0.2) is 0 Å². The van der Waals surface area contributed by atoms with Gasteiger partial charge < -0.3 is 10.3 Å². The average Bonchev–Trinajstić information content (AvgIpc) is 2.39. The number of benzene rings is 1. The van der Waals surface area contributed by atoms with E-state index in [0.29, 0.717) is 0 Å². The SMILES string of the molecule is C[C@H](NC(=O)c1ccc[nH]c1=O)c1ccc(Br)cc1. The van der Waals surface area contributed by atoms with E-state index in [9.17, 15) is 9.59 Å². The van der Waals surface area contributed by atoms with Crippen LogP contribution in [0.4, 0.5) is 0 Å². The molecule has 0 bridgehead atoms. The maximum absolute atomic E-state index is 12.0. The summed E-state index contributed by atoms with van der Waals surface area (Å²) in [7, 11) is 0. The van der Waals surface area contributed by atoms with E-state index in [-0.39, 0.29) is 23.1 Å². The van der Waals surface area contributed by atoms with Gasteiger partial charge in [-0.05, 0) is 36.8 Å². The van der Waals surface area contributed by atoms with Gasteiger partial charge in [-0.1, -0.05) is 28.1 Å². The number of amides is 1. The highest BCUT2D eigenvalue weighted by molar-refractivity contribution is 9.10. The molecule has 0 unspecified atom stereocenters. The van der Waals surface area contributed by atoms with E-state index in [0.717, 1.165) is 10.0 Å². The first-order chi connectivity index (χ1) is 9.08. The Morgan fingerprint density at radius 2 is 1.95 bits per heavy atom. The van der Waals surface area contributed by atoms with Gasteiger partial charge in [-0.2, -0.15) is 0 Å². The lowest BCUT2D eigenvalue weighted by molar-refractivity contribution is 0.0938. The van der Waals surface area contributed by atoms with Crippen LogP contribution >= 0.6 is 15.9 Å². The first kappa shape index (κ1) is 13.5. The zero-order chi connectivity index (χ0) is 13.8. The smallest absolute Gasteiger partial charge is 0.260 e. The lowest BCUT2D eigenvalue weighted by Crippen LogP contribution is -2.31. The maximum Gasteiger partial charge on any atom is 0.260 e. The normalized spacial score (nSPS) is 11.9. The van der Waals surface area contributed by atoms with Crippen molar-refractivity contribution in [3.63, 3.8) is 0 Å². The molecule has 0 saturated heterocycles. The minimum Gasteiger partial charge on any atom is -0.345 e. The largest absolute Gasteiger partial charge is 0.345 e. The molecule has 0 aliphatic carbocycles. The summed E-state index contributed by atoms with van der Waals surface area (Å²) in [6.07, 6.45) is 1.50. The van der Waals surface area contributed by atoms with Gasteiger partial charge in [0, 0.05) is 10.7 Å². The van der Waals surface area contributed by atoms with Crippen molar-refractivity contribution in [2.24, 2.45) is 0 Å². The number of hydrogen-bond acceptors (Lipinski definition) is 2. The molecule has 0 radical (unpaired) electrons. The van der Waals surface area contributed by atoms with Gasteiger partial charge in [-0.15, -0.1) is 0 Å². The van der Waals surface area contributed by atoms with Crippen molar-refractivity contribution in [1.29, 1.82) is 0 Å². The lowest BCUT2D eigenvalue weighted by Gasteiger charge is -2.14. The number of halogens is 1. The first-order valence-electron chi connectivity index (χ1n) is 5.82. The number of nitrogens with one attached hydrogen (secondary N) is 2. The molecule has 1 aromatic heterocycles. The van der Waals surface area contributed by atoms with E-state index in [4.69, 9.17) is 0 Å². The molecule has 1 amide bonds. The van der Waals surface area contributed by atoms with Crippen LogP contribution in [0.2, 0.25) is 0 Å². The molecule has 1 heterocycles. The van der Waals surface area contributed by atoms with Crippen molar-refractivity contribution in [1.82, 2.24) is 10.3 Å². The number of H-pyrrole nitrogens is 1. The van der Waals surface area contributed by atoms with Crippen LogP contribution in [0.5, 0.6) is 0 Å². The molecular weight excluding hydrogens is 308 g/mol. The minimum absolute atomic E-state index is 0.117. The Morgan fingerprint density at radius 3 is 2.58 bits per heavy atom. The fourth-order valence-electron chi connectivity index (χ4n) is 1.71. The molecule has 1 atom stereocenters. The van der Waals surface area contributed by atoms with E-state index >= 15 is 0 Å². The van der Waals surface area contributed by atoms with Crippen molar-refractivity contribution in [2.75, 3.05) is 0 Å². The molecule has 98 valence electrons. The summed E-state index contributed by atoms with van der Waals surface area (Å²) in [6, 6.07) is 10.6. The third kappa shape index (κ3) is 3.32. The molecule has 0 fully saturated rings. The van der Waals surface area contributed by atoms with Crippen LogP contribution < -0.4 is 10.9 Å². The van der Waals surface area contributed by atoms with Gasteiger partial charge in [0.2, 0.25) is 0 Å². The Bertz CT molecular complexity index is 634. The highest BCUT2D eigenvalue weighted by Crippen LogP contribution is 2.16. The second kappa shape index (κ2) is 5.84. The molecular formula is C14H13BrN2O2. The molecule has 0 saturated carbocycles.